The molecule has 1 unspecified atom stereocenters. The Morgan fingerprint density at radius 3 is 2.62 bits per heavy atom. The average Bonchev–Trinajstić information content (AvgIpc) is 2.08. The summed E-state index contributed by atoms with van der Waals surface area (Å²) in [6.45, 7) is 1.43. The van der Waals surface area contributed by atoms with Gasteiger partial charge in [-0.05, 0) is 13.0 Å². The van der Waals surface area contributed by atoms with E-state index in [1.807, 2.05) is 0 Å². The van der Waals surface area contributed by atoms with Crippen LogP contribution in [-0.4, -0.2) is 5.91 Å². The summed E-state index contributed by atoms with van der Waals surface area (Å²) >= 11 is 0. The molecule has 0 aliphatic rings. The summed E-state index contributed by atoms with van der Waals surface area (Å²) in [7, 11) is 0. The first-order chi connectivity index (χ1) is 6.04. The fourth-order valence-electron chi connectivity index (χ4n) is 1.01. The minimum atomic E-state index is -1.01. The van der Waals surface area contributed by atoms with Crippen molar-refractivity contribution < 1.29 is 13.6 Å². The molecule has 13 heavy (non-hydrogen) atoms. The van der Waals surface area contributed by atoms with Crippen molar-refractivity contribution in [3.63, 3.8) is 0 Å². The van der Waals surface area contributed by atoms with Crippen molar-refractivity contribution in [1.29, 1.82) is 0 Å². The highest BCUT2D eigenvalue weighted by atomic mass is 19.2. The van der Waals surface area contributed by atoms with Crippen LogP contribution < -0.4 is 5.73 Å². The van der Waals surface area contributed by atoms with Crippen LogP contribution in [0.1, 0.15) is 18.4 Å². The summed E-state index contributed by atoms with van der Waals surface area (Å²) in [5.41, 5.74) is 4.95. The summed E-state index contributed by atoms with van der Waals surface area (Å²) in [4.78, 5) is 10.7. The van der Waals surface area contributed by atoms with E-state index in [1.54, 1.807) is 0 Å². The lowest BCUT2D eigenvalue weighted by Gasteiger charge is -2.08. The lowest BCUT2D eigenvalue weighted by molar-refractivity contribution is -0.119. The van der Waals surface area contributed by atoms with Gasteiger partial charge in [0.05, 0.1) is 5.92 Å². The van der Waals surface area contributed by atoms with Crippen molar-refractivity contribution in [2.24, 2.45) is 5.73 Å². The molecule has 0 aliphatic carbocycles. The van der Waals surface area contributed by atoms with E-state index in [0.29, 0.717) is 0 Å². The second-order valence-electron chi connectivity index (χ2n) is 2.77. The monoisotopic (exact) mass is 185 g/mol. The number of carbonyl (C=O) groups excluding carboxylic acids is 1. The van der Waals surface area contributed by atoms with Gasteiger partial charge in [-0.15, -0.1) is 0 Å². The molecule has 0 radical (unpaired) electrons. The van der Waals surface area contributed by atoms with Crippen LogP contribution in [0.3, 0.4) is 0 Å². The van der Waals surface area contributed by atoms with Gasteiger partial charge in [0, 0.05) is 5.56 Å². The van der Waals surface area contributed by atoms with Crippen LogP contribution >= 0.6 is 0 Å². The van der Waals surface area contributed by atoms with Gasteiger partial charge in [-0.25, -0.2) is 8.78 Å². The molecule has 4 heteroatoms. The summed E-state index contributed by atoms with van der Waals surface area (Å²) in [6.07, 6.45) is 0. The summed E-state index contributed by atoms with van der Waals surface area (Å²) in [5.74, 6) is -3.46. The number of rotatable bonds is 2. The van der Waals surface area contributed by atoms with Crippen LogP contribution in [0, 0.1) is 11.6 Å². The molecule has 70 valence electrons. The Bertz CT molecular complexity index is 338. The van der Waals surface area contributed by atoms with Crippen LogP contribution in [0.15, 0.2) is 18.2 Å². The molecule has 2 nitrogen and oxygen atoms in total. The van der Waals surface area contributed by atoms with E-state index >= 15 is 0 Å². The van der Waals surface area contributed by atoms with Crippen LogP contribution in [0.5, 0.6) is 0 Å². The largest absolute Gasteiger partial charge is 0.369 e. The zero-order valence-corrected chi connectivity index (χ0v) is 7.05. The van der Waals surface area contributed by atoms with E-state index in [-0.39, 0.29) is 5.56 Å². The van der Waals surface area contributed by atoms with Gasteiger partial charge in [0.2, 0.25) is 5.91 Å². The van der Waals surface area contributed by atoms with E-state index in [1.165, 1.54) is 19.1 Å². The van der Waals surface area contributed by atoms with Crippen molar-refractivity contribution in [2.75, 3.05) is 0 Å². The molecular formula is C9H9F2NO. The summed E-state index contributed by atoms with van der Waals surface area (Å²) in [5, 5.41) is 0. The van der Waals surface area contributed by atoms with Crippen LogP contribution in [0.2, 0.25) is 0 Å². The Hall–Kier alpha value is -1.45. The molecule has 0 bridgehead atoms. The van der Waals surface area contributed by atoms with Crippen LogP contribution in [0.25, 0.3) is 0 Å². The average molecular weight is 185 g/mol. The number of hydrogen-bond donors (Lipinski definition) is 1. The van der Waals surface area contributed by atoms with Crippen molar-refractivity contribution in [2.45, 2.75) is 12.8 Å². The van der Waals surface area contributed by atoms with Gasteiger partial charge in [-0.3, -0.25) is 4.79 Å². The number of benzene rings is 1. The minimum absolute atomic E-state index is 0.00694. The van der Waals surface area contributed by atoms with E-state index in [0.717, 1.165) is 6.07 Å². The molecule has 1 aromatic rings. The molecule has 1 aromatic carbocycles. The third-order valence-electron chi connectivity index (χ3n) is 1.87. The van der Waals surface area contributed by atoms with E-state index in [9.17, 15) is 13.6 Å². The molecular weight excluding hydrogens is 176 g/mol. The first-order valence-corrected chi connectivity index (χ1v) is 3.77. The number of amides is 1. The van der Waals surface area contributed by atoms with E-state index in [4.69, 9.17) is 5.73 Å². The molecule has 0 spiro atoms. The zero-order valence-electron chi connectivity index (χ0n) is 7.05. The molecule has 1 rings (SSSR count). The molecule has 0 saturated carbocycles. The highest BCUT2D eigenvalue weighted by Crippen LogP contribution is 2.20. The third-order valence-corrected chi connectivity index (χ3v) is 1.87. The Morgan fingerprint density at radius 2 is 2.08 bits per heavy atom. The number of halogens is 2. The molecule has 2 N–H and O–H groups in total. The maximum atomic E-state index is 13.0. The molecule has 0 aromatic heterocycles. The first kappa shape index (κ1) is 9.64. The quantitative estimate of drug-likeness (QED) is 0.746. The number of primary amides is 1. The third kappa shape index (κ3) is 1.83. The van der Waals surface area contributed by atoms with Gasteiger partial charge in [-0.1, -0.05) is 12.1 Å². The van der Waals surface area contributed by atoms with Gasteiger partial charge < -0.3 is 5.73 Å². The Labute approximate surface area is 74.4 Å². The van der Waals surface area contributed by atoms with Gasteiger partial charge in [-0.2, -0.15) is 0 Å². The predicted octanol–water partition coefficient (Wildman–Crippen LogP) is 1.55. The topological polar surface area (TPSA) is 43.1 Å². The molecule has 0 fully saturated rings. The second kappa shape index (κ2) is 3.51. The van der Waals surface area contributed by atoms with Gasteiger partial charge in [0.1, 0.15) is 0 Å². The summed E-state index contributed by atoms with van der Waals surface area (Å²) < 4.78 is 25.7. The fourth-order valence-corrected chi connectivity index (χ4v) is 1.01. The smallest absolute Gasteiger partial charge is 0.224 e. The highest BCUT2D eigenvalue weighted by molar-refractivity contribution is 5.81. The highest BCUT2D eigenvalue weighted by Gasteiger charge is 2.17. The molecule has 0 aliphatic heterocycles. The SMILES string of the molecule is CC(C(N)=O)c1cccc(F)c1F. The lowest BCUT2D eigenvalue weighted by atomic mass is 10.00. The van der Waals surface area contributed by atoms with Crippen molar-refractivity contribution in [3.05, 3.63) is 35.4 Å². The number of carbonyl (C=O) groups is 1. The van der Waals surface area contributed by atoms with Gasteiger partial charge in [0.15, 0.2) is 11.6 Å². The van der Waals surface area contributed by atoms with Crippen LogP contribution in [-0.2, 0) is 4.79 Å². The Morgan fingerprint density at radius 1 is 1.46 bits per heavy atom. The minimum Gasteiger partial charge on any atom is -0.369 e. The molecule has 1 atom stereocenters. The van der Waals surface area contributed by atoms with Crippen LogP contribution in [0.4, 0.5) is 8.78 Å². The maximum absolute atomic E-state index is 13.0. The van der Waals surface area contributed by atoms with Crippen molar-refractivity contribution >= 4 is 5.91 Å². The first-order valence-electron chi connectivity index (χ1n) is 3.77. The standard InChI is InChI=1S/C9H9F2NO/c1-5(9(12)13)6-3-2-4-7(10)8(6)11/h2-5H,1H3,(H2,12,13). The summed E-state index contributed by atoms with van der Waals surface area (Å²) in [6, 6.07) is 3.67. The molecule has 0 heterocycles. The van der Waals surface area contributed by atoms with E-state index < -0.39 is 23.5 Å². The second-order valence-corrected chi connectivity index (χ2v) is 2.77. The van der Waals surface area contributed by atoms with Crippen molar-refractivity contribution in [3.8, 4) is 0 Å². The lowest BCUT2D eigenvalue weighted by Crippen LogP contribution is -2.19. The number of nitrogens with two attached hydrogens (primary N) is 1. The van der Waals surface area contributed by atoms with Gasteiger partial charge in [0.25, 0.3) is 0 Å². The maximum Gasteiger partial charge on any atom is 0.224 e. The predicted molar refractivity (Wildman–Crippen MR) is 44.0 cm³/mol. The van der Waals surface area contributed by atoms with E-state index in [2.05, 4.69) is 0 Å². The molecule has 0 saturated heterocycles. The number of hydrogen-bond acceptors (Lipinski definition) is 1. The Balaban J connectivity index is 3.15. The zero-order chi connectivity index (χ0) is 10.0. The normalized spacial score (nSPS) is 12.5. The van der Waals surface area contributed by atoms with Crippen molar-refractivity contribution in [1.82, 2.24) is 0 Å². The fraction of sp³-hybridized carbons (Fsp3) is 0.222. The Kier molecular flexibility index (Phi) is 2.60. The molecule has 1 amide bonds. The van der Waals surface area contributed by atoms with Gasteiger partial charge >= 0.3 is 0 Å².